The van der Waals surface area contributed by atoms with E-state index < -0.39 is 5.82 Å². The van der Waals surface area contributed by atoms with Gasteiger partial charge in [-0.3, -0.25) is 4.57 Å². The number of rotatable bonds is 2. The maximum atomic E-state index is 13.6. The predicted molar refractivity (Wildman–Crippen MR) is 72.0 cm³/mol. The Morgan fingerprint density at radius 1 is 1.26 bits per heavy atom. The van der Waals surface area contributed by atoms with Crippen LogP contribution in [0.15, 0.2) is 42.7 Å². The molecule has 0 radical (unpaired) electrons. The zero-order chi connectivity index (χ0) is 13.4. The summed E-state index contributed by atoms with van der Waals surface area (Å²) in [6.07, 6.45) is 1.66. The van der Waals surface area contributed by atoms with Crippen LogP contribution in [0.25, 0.3) is 16.7 Å². The van der Waals surface area contributed by atoms with Crippen LogP contribution in [-0.2, 0) is 0 Å². The SMILES string of the molecule is COc1cc(-n2cnc3ccccc32)c(N)cc1F. The number of fused-ring (bicyclic) bond motifs is 1. The molecule has 0 saturated carbocycles. The second-order valence-corrected chi connectivity index (χ2v) is 4.15. The number of nitrogen functional groups attached to an aromatic ring is 1. The minimum absolute atomic E-state index is 0.155. The molecule has 1 heterocycles. The molecule has 96 valence electrons. The Hall–Kier alpha value is -2.56. The molecular weight excluding hydrogens is 245 g/mol. The standard InChI is InChI=1S/C14H12FN3O/c1-19-14-7-13(10(16)6-9(14)15)18-8-17-11-4-2-3-5-12(11)18/h2-8H,16H2,1H3. The van der Waals surface area contributed by atoms with Gasteiger partial charge in [0, 0.05) is 12.1 Å². The van der Waals surface area contributed by atoms with E-state index >= 15 is 0 Å². The van der Waals surface area contributed by atoms with E-state index in [9.17, 15) is 4.39 Å². The first-order valence-corrected chi connectivity index (χ1v) is 5.76. The van der Waals surface area contributed by atoms with Gasteiger partial charge in [0.2, 0.25) is 0 Å². The van der Waals surface area contributed by atoms with Crippen molar-refractivity contribution in [1.82, 2.24) is 9.55 Å². The van der Waals surface area contributed by atoms with Gasteiger partial charge in [0.05, 0.1) is 29.5 Å². The number of ether oxygens (including phenoxy) is 1. The summed E-state index contributed by atoms with van der Waals surface area (Å²) in [6.45, 7) is 0. The Bertz CT molecular complexity index is 752. The van der Waals surface area contributed by atoms with Crippen molar-refractivity contribution in [2.75, 3.05) is 12.8 Å². The number of benzene rings is 2. The maximum absolute atomic E-state index is 13.6. The Morgan fingerprint density at radius 3 is 2.84 bits per heavy atom. The summed E-state index contributed by atoms with van der Waals surface area (Å²) in [7, 11) is 1.42. The lowest BCUT2D eigenvalue weighted by atomic mass is 10.2. The van der Waals surface area contributed by atoms with Gasteiger partial charge in [-0.2, -0.15) is 0 Å². The third-order valence-electron chi connectivity index (χ3n) is 3.01. The smallest absolute Gasteiger partial charge is 0.167 e. The molecule has 0 aliphatic heterocycles. The molecule has 1 aromatic heterocycles. The molecule has 0 atom stereocenters. The van der Waals surface area contributed by atoms with Crippen LogP contribution in [-0.4, -0.2) is 16.7 Å². The Kier molecular flexibility index (Phi) is 2.59. The fraction of sp³-hybridized carbons (Fsp3) is 0.0714. The minimum atomic E-state index is -0.479. The number of para-hydroxylation sites is 2. The van der Waals surface area contributed by atoms with Crippen molar-refractivity contribution in [2.24, 2.45) is 0 Å². The number of hydrogen-bond donors (Lipinski definition) is 1. The van der Waals surface area contributed by atoms with Gasteiger partial charge >= 0.3 is 0 Å². The number of aromatic nitrogens is 2. The van der Waals surface area contributed by atoms with Crippen molar-refractivity contribution in [1.29, 1.82) is 0 Å². The number of nitrogens with zero attached hydrogens (tertiary/aromatic N) is 2. The van der Waals surface area contributed by atoms with Crippen LogP contribution >= 0.6 is 0 Å². The number of nitrogens with two attached hydrogens (primary N) is 1. The number of halogens is 1. The van der Waals surface area contributed by atoms with Crippen molar-refractivity contribution < 1.29 is 9.13 Å². The first-order chi connectivity index (χ1) is 9.20. The average Bonchev–Trinajstić information content (AvgIpc) is 2.83. The fourth-order valence-electron chi connectivity index (χ4n) is 2.07. The van der Waals surface area contributed by atoms with Gasteiger partial charge < -0.3 is 10.5 Å². The van der Waals surface area contributed by atoms with Crippen molar-refractivity contribution in [2.45, 2.75) is 0 Å². The fourth-order valence-corrected chi connectivity index (χ4v) is 2.07. The molecule has 2 N–H and O–H groups in total. The van der Waals surface area contributed by atoms with Crippen molar-refractivity contribution in [3.05, 3.63) is 48.5 Å². The Morgan fingerprint density at radius 2 is 2.05 bits per heavy atom. The highest BCUT2D eigenvalue weighted by atomic mass is 19.1. The lowest BCUT2D eigenvalue weighted by Gasteiger charge is -2.11. The molecule has 0 aliphatic carbocycles. The third-order valence-corrected chi connectivity index (χ3v) is 3.01. The summed E-state index contributed by atoms with van der Waals surface area (Å²) >= 11 is 0. The summed E-state index contributed by atoms with van der Waals surface area (Å²) in [5, 5.41) is 0. The highest BCUT2D eigenvalue weighted by Gasteiger charge is 2.12. The Labute approximate surface area is 109 Å². The lowest BCUT2D eigenvalue weighted by molar-refractivity contribution is 0.386. The van der Waals surface area contributed by atoms with E-state index in [1.54, 1.807) is 12.4 Å². The first kappa shape index (κ1) is 11.5. The summed E-state index contributed by atoms with van der Waals surface area (Å²) < 4.78 is 20.4. The molecule has 4 nitrogen and oxygen atoms in total. The predicted octanol–water partition coefficient (Wildman–Crippen LogP) is 2.76. The van der Waals surface area contributed by atoms with Crippen LogP contribution in [0.1, 0.15) is 0 Å². The second kappa shape index (κ2) is 4.28. The third kappa shape index (κ3) is 1.79. The second-order valence-electron chi connectivity index (χ2n) is 4.15. The maximum Gasteiger partial charge on any atom is 0.167 e. The largest absolute Gasteiger partial charge is 0.494 e. The topological polar surface area (TPSA) is 53.1 Å². The summed E-state index contributed by atoms with van der Waals surface area (Å²) in [6, 6.07) is 10.5. The van der Waals surface area contributed by atoms with E-state index in [-0.39, 0.29) is 5.75 Å². The van der Waals surface area contributed by atoms with Gasteiger partial charge in [0.1, 0.15) is 6.33 Å². The highest BCUT2D eigenvalue weighted by molar-refractivity contribution is 5.79. The monoisotopic (exact) mass is 257 g/mol. The van der Waals surface area contributed by atoms with Gasteiger partial charge in [0.15, 0.2) is 11.6 Å². The van der Waals surface area contributed by atoms with E-state index in [1.165, 1.54) is 13.2 Å². The zero-order valence-electron chi connectivity index (χ0n) is 10.3. The number of imidazole rings is 1. The van der Waals surface area contributed by atoms with E-state index in [0.717, 1.165) is 11.0 Å². The molecule has 3 rings (SSSR count). The molecular formula is C14H12FN3O. The van der Waals surface area contributed by atoms with Gasteiger partial charge in [0.25, 0.3) is 0 Å². The van der Waals surface area contributed by atoms with E-state index in [2.05, 4.69) is 4.98 Å². The number of anilines is 1. The molecule has 19 heavy (non-hydrogen) atoms. The molecule has 5 heteroatoms. The molecule has 0 amide bonds. The lowest BCUT2D eigenvalue weighted by Crippen LogP contribution is -2.01. The molecule has 0 fully saturated rings. The number of hydrogen-bond acceptors (Lipinski definition) is 3. The minimum Gasteiger partial charge on any atom is -0.494 e. The van der Waals surface area contributed by atoms with Crippen molar-refractivity contribution in [3.8, 4) is 11.4 Å². The zero-order valence-corrected chi connectivity index (χ0v) is 10.3. The van der Waals surface area contributed by atoms with E-state index in [1.807, 2.05) is 28.8 Å². The normalized spacial score (nSPS) is 10.8. The summed E-state index contributed by atoms with van der Waals surface area (Å²) in [5.41, 5.74) is 8.62. The average molecular weight is 257 g/mol. The molecule has 0 spiro atoms. The summed E-state index contributed by atoms with van der Waals surface area (Å²) in [5.74, 6) is -0.324. The van der Waals surface area contributed by atoms with Crippen LogP contribution in [0.5, 0.6) is 5.75 Å². The van der Waals surface area contributed by atoms with Crippen LogP contribution in [0, 0.1) is 5.82 Å². The van der Waals surface area contributed by atoms with Crippen LogP contribution in [0.2, 0.25) is 0 Å². The molecule has 0 saturated heterocycles. The van der Waals surface area contributed by atoms with Crippen molar-refractivity contribution >= 4 is 16.7 Å². The van der Waals surface area contributed by atoms with Gasteiger partial charge in [-0.05, 0) is 12.1 Å². The quantitative estimate of drug-likeness (QED) is 0.718. The Balaban J connectivity index is 2.27. The number of methoxy groups -OCH3 is 1. The molecule has 3 aromatic rings. The van der Waals surface area contributed by atoms with E-state index in [4.69, 9.17) is 10.5 Å². The molecule has 0 bridgehead atoms. The molecule has 2 aromatic carbocycles. The van der Waals surface area contributed by atoms with Gasteiger partial charge in [-0.25, -0.2) is 9.37 Å². The van der Waals surface area contributed by atoms with Gasteiger partial charge in [-0.15, -0.1) is 0 Å². The first-order valence-electron chi connectivity index (χ1n) is 5.76. The summed E-state index contributed by atoms with van der Waals surface area (Å²) in [4.78, 5) is 4.29. The van der Waals surface area contributed by atoms with Crippen LogP contribution < -0.4 is 10.5 Å². The van der Waals surface area contributed by atoms with Crippen LogP contribution in [0.4, 0.5) is 10.1 Å². The molecule has 0 unspecified atom stereocenters. The molecule has 0 aliphatic rings. The highest BCUT2D eigenvalue weighted by Crippen LogP contribution is 2.29. The van der Waals surface area contributed by atoms with Crippen molar-refractivity contribution in [3.63, 3.8) is 0 Å². The van der Waals surface area contributed by atoms with Crippen LogP contribution in [0.3, 0.4) is 0 Å². The van der Waals surface area contributed by atoms with Gasteiger partial charge in [-0.1, -0.05) is 12.1 Å². The van der Waals surface area contributed by atoms with E-state index in [0.29, 0.717) is 11.4 Å².